The van der Waals surface area contributed by atoms with Gasteiger partial charge >= 0.3 is 0 Å². The van der Waals surface area contributed by atoms with Crippen LogP contribution in [0.25, 0.3) is 0 Å². The van der Waals surface area contributed by atoms with E-state index < -0.39 is 0 Å². The fourth-order valence-corrected chi connectivity index (χ4v) is 2.84. The molecule has 0 aliphatic rings. The Kier molecular flexibility index (Phi) is 7.22. The van der Waals surface area contributed by atoms with Gasteiger partial charge in [0, 0.05) is 24.2 Å². The van der Waals surface area contributed by atoms with Crippen LogP contribution in [0, 0.1) is 0 Å². The normalized spacial score (nSPS) is 10.7. The van der Waals surface area contributed by atoms with Gasteiger partial charge in [0.15, 0.2) is 0 Å². The molecule has 4 nitrogen and oxygen atoms in total. The van der Waals surface area contributed by atoms with Crippen LogP contribution in [-0.2, 0) is 16.0 Å². The second kappa shape index (κ2) is 9.39. The Morgan fingerprint density at radius 2 is 1.81 bits per heavy atom. The fraction of sp³-hybridized carbons (Fsp3) is 0.333. The maximum Gasteiger partial charge on any atom is 0.243 e. The monoisotopic (exact) mass is 372 g/mol. The van der Waals surface area contributed by atoms with Crippen molar-refractivity contribution in [3.63, 3.8) is 0 Å². The molecule has 138 valence electrons. The van der Waals surface area contributed by atoms with Crippen molar-refractivity contribution in [1.82, 2.24) is 4.90 Å². The molecule has 0 bridgehead atoms. The van der Waals surface area contributed by atoms with Crippen molar-refractivity contribution in [2.75, 3.05) is 18.4 Å². The average molecular weight is 373 g/mol. The summed E-state index contributed by atoms with van der Waals surface area (Å²) in [4.78, 5) is 25.7. The van der Waals surface area contributed by atoms with E-state index in [4.69, 9.17) is 11.6 Å². The van der Waals surface area contributed by atoms with E-state index in [1.807, 2.05) is 48.5 Å². The Morgan fingerprint density at radius 1 is 1.12 bits per heavy atom. The molecule has 26 heavy (non-hydrogen) atoms. The molecule has 2 aromatic rings. The molecular weight excluding hydrogens is 348 g/mol. The van der Waals surface area contributed by atoms with Gasteiger partial charge in [-0.3, -0.25) is 9.59 Å². The molecule has 0 fully saturated rings. The Balaban J connectivity index is 1.91. The minimum Gasteiger partial charge on any atom is -0.333 e. The first-order valence-corrected chi connectivity index (χ1v) is 9.12. The topological polar surface area (TPSA) is 49.4 Å². The fourth-order valence-electron chi connectivity index (χ4n) is 2.63. The van der Waals surface area contributed by atoms with Gasteiger partial charge in [-0.15, -0.1) is 0 Å². The molecule has 0 saturated heterocycles. The van der Waals surface area contributed by atoms with E-state index in [1.54, 1.807) is 4.90 Å². The molecule has 0 atom stereocenters. The minimum absolute atomic E-state index is 0.0296. The van der Waals surface area contributed by atoms with Crippen LogP contribution in [0.1, 0.15) is 37.8 Å². The summed E-state index contributed by atoms with van der Waals surface area (Å²) in [7, 11) is 0. The summed E-state index contributed by atoms with van der Waals surface area (Å²) in [6, 6.07) is 15.3. The van der Waals surface area contributed by atoms with Crippen molar-refractivity contribution in [3.8, 4) is 0 Å². The van der Waals surface area contributed by atoms with Crippen molar-refractivity contribution in [3.05, 3.63) is 64.7 Å². The summed E-state index contributed by atoms with van der Waals surface area (Å²) >= 11 is 5.98. The number of carbonyl (C=O) groups excluding carboxylic acids is 2. The lowest BCUT2D eigenvalue weighted by atomic mass is 10.0. The summed E-state index contributed by atoms with van der Waals surface area (Å²) in [5.74, 6) is 0.111. The van der Waals surface area contributed by atoms with Crippen molar-refractivity contribution in [2.24, 2.45) is 0 Å². The average Bonchev–Trinajstić information content (AvgIpc) is 2.59. The molecule has 0 aromatic heterocycles. The number of nitrogens with one attached hydrogen (secondary N) is 1. The number of benzene rings is 2. The second-order valence-electron chi connectivity index (χ2n) is 6.65. The van der Waals surface area contributed by atoms with Gasteiger partial charge in [0.05, 0.1) is 6.54 Å². The summed E-state index contributed by atoms with van der Waals surface area (Å²) < 4.78 is 0. The summed E-state index contributed by atoms with van der Waals surface area (Å²) in [6.45, 7) is 6.22. The molecule has 0 spiro atoms. The molecule has 2 amide bonds. The van der Waals surface area contributed by atoms with E-state index in [1.165, 1.54) is 12.5 Å². The number of anilines is 1. The van der Waals surface area contributed by atoms with Gasteiger partial charge in [-0.2, -0.15) is 0 Å². The summed E-state index contributed by atoms with van der Waals surface area (Å²) in [5, 5.41) is 3.51. The Labute approximate surface area is 160 Å². The van der Waals surface area contributed by atoms with E-state index in [2.05, 4.69) is 19.2 Å². The highest BCUT2D eigenvalue weighted by molar-refractivity contribution is 6.30. The zero-order valence-corrected chi connectivity index (χ0v) is 16.2. The smallest absolute Gasteiger partial charge is 0.243 e. The zero-order valence-electron chi connectivity index (χ0n) is 15.5. The van der Waals surface area contributed by atoms with E-state index in [9.17, 15) is 9.59 Å². The van der Waals surface area contributed by atoms with E-state index in [0.29, 0.717) is 23.9 Å². The standard InChI is InChI=1S/C21H25ClN2O2/c1-15(2)18-7-9-20(10-8-18)23-21(26)14-24(16(3)25)12-11-17-5-4-6-19(22)13-17/h4-10,13,15H,11-12,14H2,1-3H3,(H,23,26). The van der Waals surface area contributed by atoms with E-state index >= 15 is 0 Å². The lowest BCUT2D eigenvalue weighted by Crippen LogP contribution is -2.38. The molecule has 0 aliphatic carbocycles. The van der Waals surface area contributed by atoms with Gasteiger partial charge in [0.2, 0.25) is 11.8 Å². The van der Waals surface area contributed by atoms with Crippen LogP contribution in [0.2, 0.25) is 5.02 Å². The Bertz CT molecular complexity index is 757. The van der Waals surface area contributed by atoms with Crippen molar-refractivity contribution in [2.45, 2.75) is 33.1 Å². The first-order chi connectivity index (χ1) is 12.3. The maximum absolute atomic E-state index is 12.3. The van der Waals surface area contributed by atoms with Crippen LogP contribution in [-0.4, -0.2) is 29.8 Å². The first-order valence-electron chi connectivity index (χ1n) is 8.75. The van der Waals surface area contributed by atoms with Crippen LogP contribution in [0.3, 0.4) is 0 Å². The molecule has 0 saturated carbocycles. The Hall–Kier alpha value is -2.33. The van der Waals surface area contributed by atoms with Crippen LogP contribution < -0.4 is 5.32 Å². The molecule has 0 unspecified atom stereocenters. The van der Waals surface area contributed by atoms with Crippen molar-refractivity contribution < 1.29 is 9.59 Å². The lowest BCUT2D eigenvalue weighted by molar-refractivity contribution is -0.132. The molecule has 0 heterocycles. The molecule has 2 rings (SSSR count). The SMILES string of the molecule is CC(=O)N(CCc1cccc(Cl)c1)CC(=O)Nc1ccc(C(C)C)cc1. The summed E-state index contributed by atoms with van der Waals surface area (Å²) in [5.41, 5.74) is 2.99. The highest BCUT2D eigenvalue weighted by Crippen LogP contribution is 2.17. The van der Waals surface area contributed by atoms with Gasteiger partial charge in [0.25, 0.3) is 0 Å². The molecular formula is C21H25ClN2O2. The number of carbonyl (C=O) groups is 2. The van der Waals surface area contributed by atoms with Crippen LogP contribution in [0.4, 0.5) is 5.69 Å². The molecule has 2 aromatic carbocycles. The quantitative estimate of drug-likeness (QED) is 0.778. The number of hydrogen-bond donors (Lipinski definition) is 1. The van der Waals surface area contributed by atoms with Gasteiger partial charge in [-0.05, 0) is 47.7 Å². The van der Waals surface area contributed by atoms with E-state index in [0.717, 1.165) is 11.3 Å². The number of halogens is 1. The van der Waals surface area contributed by atoms with Crippen LogP contribution in [0.5, 0.6) is 0 Å². The number of amides is 2. The highest BCUT2D eigenvalue weighted by atomic mass is 35.5. The Morgan fingerprint density at radius 3 is 2.38 bits per heavy atom. The van der Waals surface area contributed by atoms with Gasteiger partial charge in [0.1, 0.15) is 0 Å². The first kappa shape index (κ1) is 20.0. The van der Waals surface area contributed by atoms with Crippen molar-refractivity contribution >= 4 is 29.1 Å². The van der Waals surface area contributed by atoms with Gasteiger partial charge < -0.3 is 10.2 Å². The second-order valence-corrected chi connectivity index (χ2v) is 7.08. The summed E-state index contributed by atoms with van der Waals surface area (Å²) in [6.07, 6.45) is 0.649. The lowest BCUT2D eigenvalue weighted by Gasteiger charge is -2.20. The molecule has 0 aliphatic heterocycles. The molecule has 0 radical (unpaired) electrons. The van der Waals surface area contributed by atoms with E-state index in [-0.39, 0.29) is 18.4 Å². The third kappa shape index (κ3) is 6.19. The third-order valence-corrected chi connectivity index (χ3v) is 4.44. The largest absolute Gasteiger partial charge is 0.333 e. The molecule has 1 N–H and O–H groups in total. The van der Waals surface area contributed by atoms with Gasteiger partial charge in [-0.1, -0.05) is 49.7 Å². The molecule has 5 heteroatoms. The van der Waals surface area contributed by atoms with Gasteiger partial charge in [-0.25, -0.2) is 0 Å². The predicted molar refractivity (Wildman–Crippen MR) is 107 cm³/mol. The number of hydrogen-bond acceptors (Lipinski definition) is 2. The number of rotatable bonds is 7. The minimum atomic E-state index is -0.205. The van der Waals surface area contributed by atoms with Crippen LogP contribution in [0.15, 0.2) is 48.5 Å². The maximum atomic E-state index is 12.3. The highest BCUT2D eigenvalue weighted by Gasteiger charge is 2.14. The predicted octanol–water partition coefficient (Wildman–Crippen LogP) is 4.49. The third-order valence-electron chi connectivity index (χ3n) is 4.20. The van der Waals surface area contributed by atoms with Crippen molar-refractivity contribution in [1.29, 1.82) is 0 Å². The van der Waals surface area contributed by atoms with Crippen LogP contribution >= 0.6 is 11.6 Å². The zero-order chi connectivity index (χ0) is 19.1. The number of nitrogens with zero attached hydrogens (tertiary/aromatic N) is 1.